The number of hydrogen-bond donors (Lipinski definition) is 1. The van der Waals surface area contributed by atoms with Crippen LogP contribution in [-0.2, 0) is 4.79 Å². The molecule has 0 saturated heterocycles. The van der Waals surface area contributed by atoms with Crippen molar-refractivity contribution in [2.24, 2.45) is 5.10 Å². The number of hydrogen-bond acceptors (Lipinski definition) is 8. The summed E-state index contributed by atoms with van der Waals surface area (Å²) in [5, 5.41) is 13.4. The third-order valence-electron chi connectivity index (χ3n) is 5.43. The number of nitrogens with one attached hydrogen (secondary N) is 1. The van der Waals surface area contributed by atoms with Crippen molar-refractivity contribution in [1.29, 1.82) is 0 Å². The molecule has 37 heavy (non-hydrogen) atoms. The van der Waals surface area contributed by atoms with Crippen molar-refractivity contribution in [3.8, 4) is 28.6 Å². The summed E-state index contributed by atoms with van der Waals surface area (Å²) in [6.45, 7) is 0. The Morgan fingerprint density at radius 1 is 1.00 bits per heavy atom. The first-order valence-corrected chi connectivity index (χ1v) is 12.4. The molecule has 9 nitrogen and oxygen atoms in total. The maximum absolute atomic E-state index is 12.5. The number of anilines is 1. The molecular weight excluding hydrogens is 488 g/mol. The first kappa shape index (κ1) is 25.8. The molecule has 0 aliphatic carbocycles. The van der Waals surface area contributed by atoms with Gasteiger partial charge in [0.1, 0.15) is 0 Å². The van der Waals surface area contributed by atoms with E-state index in [0.29, 0.717) is 22.5 Å². The smallest absolute Gasteiger partial charge is 0.250 e. The standard InChI is InChI=1S/C27H28N6O3S/c1-32(2)21-13-10-19(11-14-21)17-28-29-25(34)18-37-27-31-30-26(33(27)22-8-6-5-7-9-22)20-12-15-23(35-3)24(16-20)36-4/h5-17H,18H2,1-4H3,(H,29,34)/b28-17+. The second-order valence-corrected chi connectivity index (χ2v) is 9.06. The SMILES string of the molecule is COc1ccc(-c2nnc(SCC(=O)N/N=C/c3ccc(N(C)C)cc3)n2-c2ccccc2)cc1OC. The lowest BCUT2D eigenvalue weighted by Gasteiger charge is -2.12. The van der Waals surface area contributed by atoms with Gasteiger partial charge in [0.25, 0.3) is 5.91 Å². The monoisotopic (exact) mass is 516 g/mol. The second kappa shape index (κ2) is 12.1. The molecule has 0 aliphatic rings. The number of thioether (sulfide) groups is 1. The summed E-state index contributed by atoms with van der Waals surface area (Å²) >= 11 is 1.28. The number of ether oxygens (including phenoxy) is 2. The minimum atomic E-state index is -0.249. The van der Waals surface area contributed by atoms with Crippen LogP contribution in [0.1, 0.15) is 5.56 Å². The van der Waals surface area contributed by atoms with Gasteiger partial charge in [-0.15, -0.1) is 10.2 Å². The van der Waals surface area contributed by atoms with Gasteiger partial charge in [-0.2, -0.15) is 5.10 Å². The molecule has 10 heteroatoms. The van der Waals surface area contributed by atoms with Gasteiger partial charge in [0.05, 0.1) is 26.2 Å². The van der Waals surface area contributed by atoms with Crippen molar-refractivity contribution in [3.05, 3.63) is 78.4 Å². The quantitative estimate of drug-likeness (QED) is 0.191. The summed E-state index contributed by atoms with van der Waals surface area (Å²) in [4.78, 5) is 14.5. The Hall–Kier alpha value is -4.31. The van der Waals surface area contributed by atoms with Gasteiger partial charge < -0.3 is 14.4 Å². The van der Waals surface area contributed by atoms with E-state index in [0.717, 1.165) is 22.5 Å². The van der Waals surface area contributed by atoms with E-state index < -0.39 is 0 Å². The number of nitrogens with zero attached hydrogens (tertiary/aromatic N) is 5. The van der Waals surface area contributed by atoms with Crippen LogP contribution in [0.2, 0.25) is 0 Å². The Morgan fingerprint density at radius 2 is 1.73 bits per heavy atom. The third kappa shape index (κ3) is 6.28. The molecule has 190 valence electrons. The largest absolute Gasteiger partial charge is 0.493 e. The summed E-state index contributed by atoms with van der Waals surface area (Å²) in [6, 6.07) is 23.2. The highest BCUT2D eigenvalue weighted by Crippen LogP contribution is 2.34. The van der Waals surface area contributed by atoms with E-state index >= 15 is 0 Å². The second-order valence-electron chi connectivity index (χ2n) is 8.11. The van der Waals surface area contributed by atoms with E-state index in [1.165, 1.54) is 11.8 Å². The molecule has 0 bridgehead atoms. The van der Waals surface area contributed by atoms with Crippen molar-refractivity contribution < 1.29 is 14.3 Å². The summed E-state index contributed by atoms with van der Waals surface area (Å²) in [6.07, 6.45) is 1.61. The van der Waals surface area contributed by atoms with E-state index in [2.05, 4.69) is 20.7 Å². The van der Waals surface area contributed by atoms with Crippen LogP contribution in [0.5, 0.6) is 11.5 Å². The number of para-hydroxylation sites is 1. The van der Waals surface area contributed by atoms with E-state index in [-0.39, 0.29) is 11.7 Å². The number of carbonyl (C=O) groups is 1. The van der Waals surface area contributed by atoms with Crippen molar-refractivity contribution in [2.45, 2.75) is 5.16 Å². The van der Waals surface area contributed by atoms with Crippen molar-refractivity contribution in [3.63, 3.8) is 0 Å². The van der Waals surface area contributed by atoms with Gasteiger partial charge >= 0.3 is 0 Å². The zero-order valence-electron chi connectivity index (χ0n) is 21.1. The predicted octanol–water partition coefficient (Wildman–Crippen LogP) is 4.26. The van der Waals surface area contributed by atoms with Crippen LogP contribution in [0.15, 0.2) is 83.1 Å². The molecule has 4 rings (SSSR count). The Bertz CT molecular complexity index is 1370. The van der Waals surface area contributed by atoms with Crippen molar-refractivity contribution in [1.82, 2.24) is 20.2 Å². The van der Waals surface area contributed by atoms with Gasteiger partial charge in [-0.1, -0.05) is 42.1 Å². The molecule has 0 fully saturated rings. The molecule has 0 aliphatic heterocycles. The average Bonchev–Trinajstić information content (AvgIpc) is 3.36. The Kier molecular flexibility index (Phi) is 8.42. The minimum Gasteiger partial charge on any atom is -0.493 e. The number of aromatic nitrogens is 3. The van der Waals surface area contributed by atoms with Gasteiger partial charge in [-0.3, -0.25) is 9.36 Å². The Morgan fingerprint density at radius 3 is 2.41 bits per heavy atom. The van der Waals surface area contributed by atoms with Crippen LogP contribution in [0.3, 0.4) is 0 Å². The summed E-state index contributed by atoms with van der Waals surface area (Å²) in [5.74, 6) is 1.70. The van der Waals surface area contributed by atoms with E-state index in [1.807, 2.05) is 96.4 Å². The van der Waals surface area contributed by atoms with Gasteiger partial charge in [0, 0.05) is 31.0 Å². The fraction of sp³-hybridized carbons (Fsp3) is 0.185. The first-order chi connectivity index (χ1) is 18.0. The normalized spacial score (nSPS) is 10.9. The number of hydrazone groups is 1. The Labute approximate surface area is 220 Å². The number of carbonyl (C=O) groups excluding carboxylic acids is 1. The van der Waals surface area contributed by atoms with Crippen LogP contribution in [-0.4, -0.2) is 61.0 Å². The first-order valence-electron chi connectivity index (χ1n) is 11.5. The van der Waals surface area contributed by atoms with Gasteiger partial charge in [-0.25, -0.2) is 5.43 Å². The van der Waals surface area contributed by atoms with Crippen LogP contribution >= 0.6 is 11.8 Å². The number of amides is 1. The molecule has 1 heterocycles. The van der Waals surface area contributed by atoms with Crippen LogP contribution in [0, 0.1) is 0 Å². The summed E-state index contributed by atoms with van der Waals surface area (Å²) in [5.41, 5.74) is 6.23. The highest BCUT2D eigenvalue weighted by molar-refractivity contribution is 7.99. The van der Waals surface area contributed by atoms with Gasteiger partial charge in [0.15, 0.2) is 22.5 Å². The lowest BCUT2D eigenvalue weighted by molar-refractivity contribution is -0.118. The molecule has 1 N–H and O–H groups in total. The number of rotatable bonds is 10. The lowest BCUT2D eigenvalue weighted by atomic mass is 10.2. The van der Waals surface area contributed by atoms with E-state index in [4.69, 9.17) is 9.47 Å². The topological polar surface area (TPSA) is 93.9 Å². The summed E-state index contributed by atoms with van der Waals surface area (Å²) in [7, 11) is 7.15. The van der Waals surface area contributed by atoms with Crippen molar-refractivity contribution in [2.75, 3.05) is 39.0 Å². The van der Waals surface area contributed by atoms with Gasteiger partial charge in [-0.05, 0) is 48.0 Å². The Balaban J connectivity index is 1.50. The molecule has 0 spiro atoms. The lowest BCUT2D eigenvalue weighted by Crippen LogP contribution is -2.20. The van der Waals surface area contributed by atoms with Crippen LogP contribution < -0.4 is 19.8 Å². The molecule has 0 atom stereocenters. The van der Waals surface area contributed by atoms with E-state index in [9.17, 15) is 4.79 Å². The van der Waals surface area contributed by atoms with Crippen LogP contribution in [0.25, 0.3) is 17.1 Å². The van der Waals surface area contributed by atoms with E-state index in [1.54, 1.807) is 20.4 Å². The fourth-order valence-electron chi connectivity index (χ4n) is 3.54. The number of methoxy groups -OCH3 is 2. The zero-order chi connectivity index (χ0) is 26.2. The highest BCUT2D eigenvalue weighted by atomic mass is 32.2. The molecular formula is C27H28N6O3S. The minimum absolute atomic E-state index is 0.119. The molecule has 3 aromatic carbocycles. The van der Waals surface area contributed by atoms with Crippen molar-refractivity contribution >= 4 is 29.6 Å². The summed E-state index contributed by atoms with van der Waals surface area (Å²) < 4.78 is 12.7. The predicted molar refractivity (Wildman–Crippen MR) is 147 cm³/mol. The molecule has 1 aromatic heterocycles. The average molecular weight is 517 g/mol. The third-order valence-corrected chi connectivity index (χ3v) is 6.36. The van der Waals surface area contributed by atoms with Gasteiger partial charge in [0.2, 0.25) is 0 Å². The maximum atomic E-state index is 12.5. The molecule has 0 radical (unpaired) electrons. The van der Waals surface area contributed by atoms with Crippen LogP contribution in [0.4, 0.5) is 5.69 Å². The highest BCUT2D eigenvalue weighted by Gasteiger charge is 2.18. The molecule has 1 amide bonds. The maximum Gasteiger partial charge on any atom is 0.250 e. The molecule has 4 aromatic rings. The number of benzene rings is 3. The zero-order valence-corrected chi connectivity index (χ0v) is 21.9. The fourth-order valence-corrected chi connectivity index (χ4v) is 4.28. The molecule has 0 saturated carbocycles. The molecule has 0 unspecified atom stereocenters.